The van der Waals surface area contributed by atoms with E-state index >= 15 is 0 Å². The van der Waals surface area contributed by atoms with Gasteiger partial charge in [0.2, 0.25) is 10.1 Å². The van der Waals surface area contributed by atoms with Crippen LogP contribution >= 0.6 is 11.3 Å². The van der Waals surface area contributed by atoms with Crippen LogP contribution in [0.25, 0.3) is 4.96 Å². The Kier molecular flexibility index (Phi) is 2.91. The van der Waals surface area contributed by atoms with Crippen molar-refractivity contribution in [2.45, 2.75) is 45.7 Å². The first-order valence-corrected chi connectivity index (χ1v) is 8.05. The van der Waals surface area contributed by atoms with Crippen molar-refractivity contribution in [2.24, 2.45) is 0 Å². The predicted octanol–water partition coefficient (Wildman–Crippen LogP) is 1.68. The molecule has 4 rings (SSSR count). The van der Waals surface area contributed by atoms with Gasteiger partial charge < -0.3 is 5.32 Å². The molecular formula is C13H17N7S. The normalized spacial score (nSPS) is 18.1. The predicted molar refractivity (Wildman–Crippen MR) is 80.7 cm³/mol. The number of imidazole rings is 1. The number of aromatic nitrogens is 6. The first-order valence-electron chi connectivity index (χ1n) is 7.23. The average molecular weight is 303 g/mol. The van der Waals surface area contributed by atoms with Crippen LogP contribution in [-0.2, 0) is 19.4 Å². The highest BCUT2D eigenvalue weighted by atomic mass is 32.1. The molecule has 7 nitrogen and oxygen atoms in total. The lowest BCUT2D eigenvalue weighted by atomic mass is 10.1. The van der Waals surface area contributed by atoms with E-state index in [1.807, 2.05) is 22.3 Å². The zero-order chi connectivity index (χ0) is 14.4. The van der Waals surface area contributed by atoms with Crippen molar-refractivity contribution in [3.8, 4) is 0 Å². The molecule has 1 aliphatic heterocycles. The molecule has 0 amide bonds. The van der Waals surface area contributed by atoms with E-state index in [4.69, 9.17) is 0 Å². The molecule has 21 heavy (non-hydrogen) atoms. The summed E-state index contributed by atoms with van der Waals surface area (Å²) >= 11 is 1.59. The van der Waals surface area contributed by atoms with Gasteiger partial charge in [-0.15, -0.1) is 5.10 Å². The van der Waals surface area contributed by atoms with Gasteiger partial charge in [0, 0.05) is 18.9 Å². The molecule has 4 heterocycles. The van der Waals surface area contributed by atoms with Crippen molar-refractivity contribution in [3.05, 3.63) is 23.5 Å². The van der Waals surface area contributed by atoms with Crippen LogP contribution in [0.3, 0.4) is 0 Å². The number of anilines is 1. The molecular weight excluding hydrogens is 286 g/mol. The number of fused-ring (bicyclic) bond motifs is 2. The minimum Gasteiger partial charge on any atom is -0.355 e. The van der Waals surface area contributed by atoms with E-state index in [1.54, 1.807) is 11.3 Å². The van der Waals surface area contributed by atoms with Crippen molar-refractivity contribution in [1.82, 2.24) is 29.4 Å². The Bertz CT molecular complexity index is 752. The SMILES string of the molecule is CCc1nc2n(n1)C[C@@H](Nc1nn3cc(C)nc3s1)CC2. The minimum absolute atomic E-state index is 0.348. The fourth-order valence-electron chi connectivity index (χ4n) is 2.67. The average Bonchev–Trinajstić information content (AvgIpc) is 3.10. The molecule has 8 heteroatoms. The number of hydrogen-bond donors (Lipinski definition) is 1. The molecule has 0 saturated heterocycles. The molecule has 1 atom stereocenters. The molecule has 3 aromatic rings. The Morgan fingerprint density at radius 3 is 3.10 bits per heavy atom. The standard InChI is InChI=1S/C13H17N7S/c1-3-10-16-11-5-4-9(7-19(11)17-10)15-12-18-20-6-8(2)14-13(20)21-12/h6,9H,3-5,7H2,1-2H3,(H,15,18)/t9-/m0/s1. The summed E-state index contributed by atoms with van der Waals surface area (Å²) in [6, 6.07) is 0.348. The van der Waals surface area contributed by atoms with E-state index < -0.39 is 0 Å². The number of rotatable bonds is 3. The van der Waals surface area contributed by atoms with Crippen LogP contribution in [0.5, 0.6) is 0 Å². The molecule has 0 spiro atoms. The van der Waals surface area contributed by atoms with E-state index in [1.165, 1.54) is 0 Å². The maximum absolute atomic E-state index is 4.54. The highest BCUT2D eigenvalue weighted by molar-refractivity contribution is 7.20. The lowest BCUT2D eigenvalue weighted by Gasteiger charge is -2.22. The van der Waals surface area contributed by atoms with Crippen molar-refractivity contribution in [3.63, 3.8) is 0 Å². The van der Waals surface area contributed by atoms with Crippen LogP contribution in [0.2, 0.25) is 0 Å². The highest BCUT2D eigenvalue weighted by Crippen LogP contribution is 2.22. The molecule has 1 N–H and O–H groups in total. The van der Waals surface area contributed by atoms with Crippen LogP contribution in [0.4, 0.5) is 5.13 Å². The zero-order valence-electron chi connectivity index (χ0n) is 12.1. The number of aryl methyl sites for hydroxylation is 3. The molecule has 0 aliphatic carbocycles. The van der Waals surface area contributed by atoms with Gasteiger partial charge >= 0.3 is 0 Å². The summed E-state index contributed by atoms with van der Waals surface area (Å²) in [5, 5.41) is 13.5. The smallest absolute Gasteiger partial charge is 0.214 e. The molecule has 3 aromatic heterocycles. The van der Waals surface area contributed by atoms with Crippen molar-refractivity contribution in [1.29, 1.82) is 0 Å². The van der Waals surface area contributed by atoms with E-state index in [0.717, 1.165) is 53.2 Å². The van der Waals surface area contributed by atoms with Gasteiger partial charge in [-0.25, -0.2) is 19.2 Å². The van der Waals surface area contributed by atoms with Gasteiger partial charge in [0.25, 0.3) is 0 Å². The van der Waals surface area contributed by atoms with Gasteiger partial charge in [0.15, 0.2) is 5.82 Å². The summed E-state index contributed by atoms with van der Waals surface area (Å²) < 4.78 is 3.87. The summed E-state index contributed by atoms with van der Waals surface area (Å²) in [6.45, 7) is 4.92. The first-order chi connectivity index (χ1) is 10.2. The second-order valence-corrected chi connectivity index (χ2v) is 6.33. The first kappa shape index (κ1) is 12.8. The fraction of sp³-hybridized carbons (Fsp3) is 0.538. The molecule has 0 fully saturated rings. The van der Waals surface area contributed by atoms with E-state index in [9.17, 15) is 0 Å². The highest BCUT2D eigenvalue weighted by Gasteiger charge is 2.22. The Morgan fingerprint density at radius 1 is 1.38 bits per heavy atom. The number of nitrogens with one attached hydrogen (secondary N) is 1. The molecule has 0 saturated carbocycles. The Labute approximate surface area is 126 Å². The fourth-order valence-corrected chi connectivity index (χ4v) is 3.57. The van der Waals surface area contributed by atoms with Crippen LogP contribution in [0.15, 0.2) is 6.20 Å². The van der Waals surface area contributed by atoms with Crippen LogP contribution < -0.4 is 5.32 Å². The summed E-state index contributed by atoms with van der Waals surface area (Å²) in [4.78, 5) is 9.90. The number of nitrogens with zero attached hydrogens (tertiary/aromatic N) is 6. The van der Waals surface area contributed by atoms with Crippen molar-refractivity contribution in [2.75, 3.05) is 5.32 Å². The van der Waals surface area contributed by atoms with Gasteiger partial charge in [-0.3, -0.25) is 0 Å². The molecule has 110 valence electrons. The van der Waals surface area contributed by atoms with E-state index in [2.05, 4.69) is 32.4 Å². The quantitative estimate of drug-likeness (QED) is 0.797. The third-order valence-electron chi connectivity index (χ3n) is 3.71. The number of hydrogen-bond acceptors (Lipinski definition) is 6. The van der Waals surface area contributed by atoms with Crippen molar-refractivity contribution < 1.29 is 0 Å². The third kappa shape index (κ3) is 2.29. The molecule has 0 radical (unpaired) electrons. The maximum Gasteiger partial charge on any atom is 0.214 e. The molecule has 0 aromatic carbocycles. The summed E-state index contributed by atoms with van der Waals surface area (Å²) in [7, 11) is 0. The largest absolute Gasteiger partial charge is 0.355 e. The van der Waals surface area contributed by atoms with Crippen molar-refractivity contribution >= 4 is 21.4 Å². The minimum atomic E-state index is 0.348. The lowest BCUT2D eigenvalue weighted by Crippen LogP contribution is -2.32. The summed E-state index contributed by atoms with van der Waals surface area (Å²) in [5.74, 6) is 2.04. The van der Waals surface area contributed by atoms with Gasteiger partial charge in [-0.05, 0) is 13.3 Å². The second-order valence-electron chi connectivity index (χ2n) is 5.38. The Balaban J connectivity index is 1.51. The monoisotopic (exact) mass is 303 g/mol. The van der Waals surface area contributed by atoms with Crippen LogP contribution in [-0.4, -0.2) is 35.4 Å². The van der Waals surface area contributed by atoms with Gasteiger partial charge in [0.05, 0.1) is 18.4 Å². The third-order valence-corrected chi connectivity index (χ3v) is 4.56. The van der Waals surface area contributed by atoms with E-state index in [-0.39, 0.29) is 0 Å². The summed E-state index contributed by atoms with van der Waals surface area (Å²) in [5.41, 5.74) is 0.998. The maximum atomic E-state index is 4.54. The van der Waals surface area contributed by atoms with Gasteiger partial charge in [-0.2, -0.15) is 5.10 Å². The Hall–Kier alpha value is -1.96. The Morgan fingerprint density at radius 2 is 2.29 bits per heavy atom. The molecule has 1 aliphatic rings. The van der Waals surface area contributed by atoms with Crippen LogP contribution in [0, 0.1) is 6.92 Å². The van der Waals surface area contributed by atoms with Gasteiger partial charge in [0.1, 0.15) is 5.82 Å². The molecule has 0 bridgehead atoms. The zero-order valence-corrected chi connectivity index (χ0v) is 12.9. The molecule has 0 unspecified atom stereocenters. The second kappa shape index (κ2) is 4.80. The topological polar surface area (TPSA) is 72.9 Å². The van der Waals surface area contributed by atoms with Gasteiger partial charge in [-0.1, -0.05) is 18.3 Å². The summed E-state index contributed by atoms with van der Waals surface area (Å²) in [6.07, 6.45) is 4.86. The lowest BCUT2D eigenvalue weighted by molar-refractivity contribution is 0.440. The van der Waals surface area contributed by atoms with E-state index in [0.29, 0.717) is 6.04 Å². The van der Waals surface area contributed by atoms with Crippen LogP contribution in [0.1, 0.15) is 30.7 Å².